The molecule has 3 aliphatic carbocycles. The van der Waals surface area contributed by atoms with Gasteiger partial charge >= 0.3 is 12.1 Å². The van der Waals surface area contributed by atoms with Gasteiger partial charge in [-0.1, -0.05) is 13.8 Å². The largest absolute Gasteiger partial charge is 0.471 e. The third-order valence-electron chi connectivity index (χ3n) is 9.60. The SMILES string of the molecule is C[C@@H](OC1(C#N)CC1)[C@H](NC(=O)C(F)(F)F)C(=O)N1C[C@H]2[C@@H]([C@H]1C(=O)N[C@H](C#N)C[C@@H]1CC3(CC3)NC1=O)C2(C)C. The van der Waals surface area contributed by atoms with E-state index in [1.54, 1.807) is 5.32 Å². The summed E-state index contributed by atoms with van der Waals surface area (Å²) < 4.78 is 45.2. The molecule has 0 aromatic carbocycles. The van der Waals surface area contributed by atoms with Gasteiger partial charge in [-0.05, 0) is 62.7 Å². The van der Waals surface area contributed by atoms with Crippen LogP contribution in [-0.4, -0.2) is 76.6 Å². The minimum absolute atomic E-state index is 0.0634. The van der Waals surface area contributed by atoms with Crippen LogP contribution in [0.5, 0.6) is 0 Å². The molecule has 5 rings (SSSR count). The van der Waals surface area contributed by atoms with Gasteiger partial charge in [0, 0.05) is 18.0 Å². The zero-order valence-corrected chi connectivity index (χ0v) is 23.0. The topological polar surface area (TPSA) is 164 Å². The van der Waals surface area contributed by atoms with Gasteiger partial charge in [0.15, 0.2) is 5.60 Å². The van der Waals surface area contributed by atoms with Crippen molar-refractivity contribution >= 4 is 23.6 Å². The maximum atomic E-state index is 13.8. The number of likely N-dealkylation sites (tertiary alicyclic amines) is 1. The molecule has 14 heteroatoms. The zero-order chi connectivity index (χ0) is 30.1. The van der Waals surface area contributed by atoms with Crippen molar-refractivity contribution in [3.8, 4) is 12.1 Å². The lowest BCUT2D eigenvalue weighted by atomic mass is 9.95. The maximum Gasteiger partial charge on any atom is 0.471 e. The van der Waals surface area contributed by atoms with Gasteiger partial charge in [-0.25, -0.2) is 0 Å². The quantitative estimate of drug-likeness (QED) is 0.368. The molecule has 222 valence electrons. The lowest BCUT2D eigenvalue weighted by Crippen LogP contribution is -2.61. The summed E-state index contributed by atoms with van der Waals surface area (Å²) in [6.07, 6.45) is -3.47. The molecule has 3 N–H and O–H groups in total. The van der Waals surface area contributed by atoms with Gasteiger partial charge in [-0.15, -0.1) is 0 Å². The lowest BCUT2D eigenvalue weighted by Gasteiger charge is -2.35. The molecular weight excluding hydrogens is 545 g/mol. The number of ether oxygens (including phenoxy) is 1. The molecule has 1 spiro atoms. The van der Waals surface area contributed by atoms with Crippen LogP contribution >= 0.6 is 0 Å². The molecular formula is C27H33F3N6O5. The van der Waals surface area contributed by atoms with Crippen molar-refractivity contribution in [2.45, 2.75) is 101 Å². The molecule has 4 amide bonds. The van der Waals surface area contributed by atoms with E-state index in [0.717, 1.165) is 17.7 Å². The molecule has 2 saturated heterocycles. The number of nitrogens with zero attached hydrogens (tertiary/aromatic N) is 3. The van der Waals surface area contributed by atoms with Crippen molar-refractivity contribution in [2.24, 2.45) is 23.2 Å². The Kier molecular flexibility index (Phi) is 6.80. The number of piperidine rings is 1. The van der Waals surface area contributed by atoms with E-state index in [9.17, 15) is 42.9 Å². The number of hydrogen-bond acceptors (Lipinski definition) is 7. The van der Waals surface area contributed by atoms with Gasteiger partial charge in [0.05, 0.1) is 18.2 Å². The summed E-state index contributed by atoms with van der Waals surface area (Å²) in [5.41, 5.74) is -1.78. The first-order valence-corrected chi connectivity index (χ1v) is 13.9. The van der Waals surface area contributed by atoms with Crippen LogP contribution < -0.4 is 16.0 Å². The van der Waals surface area contributed by atoms with Crippen molar-refractivity contribution in [1.82, 2.24) is 20.9 Å². The van der Waals surface area contributed by atoms with Crippen LogP contribution in [-0.2, 0) is 23.9 Å². The average molecular weight is 579 g/mol. The molecule has 11 nitrogen and oxygen atoms in total. The number of carbonyl (C=O) groups is 4. The van der Waals surface area contributed by atoms with E-state index in [1.807, 2.05) is 26.0 Å². The fourth-order valence-electron chi connectivity index (χ4n) is 6.72. The number of carbonyl (C=O) groups excluding carboxylic acids is 4. The van der Waals surface area contributed by atoms with Crippen LogP contribution in [0.15, 0.2) is 0 Å². The number of fused-ring (bicyclic) bond motifs is 1. The smallest absolute Gasteiger partial charge is 0.355 e. The Morgan fingerprint density at radius 3 is 2.34 bits per heavy atom. The standard InChI is InChI=1S/C27H33F3N6O5/c1-13(41-26(12-32)6-7-26)18(34-23(40)27(28,29)30)22(39)36-11-16-17(24(16,2)3)19(36)21(38)33-15(10-31)8-14-9-25(4-5-25)35-20(14)37/h13-19H,4-9,11H2,1-3H3,(H,33,38)(H,34,40)(H,35,37)/t13-,14-,15+,16+,17+,18+,19+/m1/s1. The Bertz CT molecular complexity index is 1250. The van der Waals surface area contributed by atoms with Crippen molar-refractivity contribution in [2.75, 3.05) is 6.54 Å². The Hall–Kier alpha value is -3.39. The number of hydrogen-bond donors (Lipinski definition) is 3. The average Bonchev–Trinajstić information content (AvgIpc) is 3.83. The van der Waals surface area contributed by atoms with Gasteiger partial charge in [0.2, 0.25) is 17.7 Å². The zero-order valence-electron chi connectivity index (χ0n) is 23.0. The van der Waals surface area contributed by atoms with E-state index < -0.39 is 59.6 Å². The molecule has 41 heavy (non-hydrogen) atoms. The summed E-state index contributed by atoms with van der Waals surface area (Å²) in [6.45, 7) is 5.20. The second kappa shape index (κ2) is 9.58. The summed E-state index contributed by atoms with van der Waals surface area (Å²) in [5.74, 6) is -4.98. The van der Waals surface area contributed by atoms with Crippen LogP contribution in [0.2, 0.25) is 0 Å². The van der Waals surface area contributed by atoms with E-state index in [2.05, 4.69) is 10.6 Å². The van der Waals surface area contributed by atoms with E-state index in [0.29, 0.717) is 19.3 Å². The van der Waals surface area contributed by atoms with Crippen molar-refractivity contribution in [1.29, 1.82) is 10.5 Å². The minimum Gasteiger partial charge on any atom is -0.355 e. The minimum atomic E-state index is -5.28. The third-order valence-corrected chi connectivity index (χ3v) is 9.60. The normalized spacial score (nSPS) is 31.5. The highest BCUT2D eigenvalue weighted by Gasteiger charge is 2.70. The van der Waals surface area contributed by atoms with Gasteiger partial charge in [0.1, 0.15) is 18.1 Å². The molecule has 7 atom stereocenters. The van der Waals surface area contributed by atoms with Crippen LogP contribution in [0.1, 0.15) is 59.3 Å². The number of alkyl halides is 3. The fourth-order valence-corrected chi connectivity index (χ4v) is 6.72. The second-order valence-electron chi connectivity index (χ2n) is 12.9. The maximum absolute atomic E-state index is 13.8. The van der Waals surface area contributed by atoms with E-state index in [-0.39, 0.29) is 41.7 Å². The van der Waals surface area contributed by atoms with Crippen molar-refractivity contribution in [3.63, 3.8) is 0 Å². The number of amides is 4. The Balaban J connectivity index is 1.33. The van der Waals surface area contributed by atoms with Crippen LogP contribution in [0.4, 0.5) is 13.2 Å². The molecule has 0 aromatic rings. The number of nitrogens with one attached hydrogen (secondary N) is 3. The first-order chi connectivity index (χ1) is 19.1. The Labute approximate surface area is 235 Å². The van der Waals surface area contributed by atoms with Crippen molar-refractivity contribution < 1.29 is 37.1 Å². The van der Waals surface area contributed by atoms with Gasteiger partial charge in [0.25, 0.3) is 0 Å². The van der Waals surface area contributed by atoms with Gasteiger partial charge in [-0.3, -0.25) is 19.2 Å². The Morgan fingerprint density at radius 2 is 1.83 bits per heavy atom. The lowest BCUT2D eigenvalue weighted by molar-refractivity contribution is -0.177. The van der Waals surface area contributed by atoms with E-state index in [1.165, 1.54) is 6.92 Å². The number of rotatable bonds is 9. The predicted molar refractivity (Wildman–Crippen MR) is 133 cm³/mol. The highest BCUT2D eigenvalue weighted by atomic mass is 19.4. The summed E-state index contributed by atoms with van der Waals surface area (Å²) in [4.78, 5) is 52.8. The number of nitriles is 2. The molecule has 5 fully saturated rings. The van der Waals surface area contributed by atoms with E-state index >= 15 is 0 Å². The molecule has 0 bridgehead atoms. The summed E-state index contributed by atoms with van der Waals surface area (Å²) >= 11 is 0. The van der Waals surface area contributed by atoms with E-state index in [4.69, 9.17) is 4.74 Å². The van der Waals surface area contributed by atoms with Crippen LogP contribution in [0.3, 0.4) is 0 Å². The molecule has 0 aromatic heterocycles. The van der Waals surface area contributed by atoms with Crippen LogP contribution in [0, 0.1) is 45.8 Å². The molecule has 5 aliphatic rings. The van der Waals surface area contributed by atoms with Gasteiger partial charge < -0.3 is 25.6 Å². The molecule has 0 unspecified atom stereocenters. The second-order valence-corrected chi connectivity index (χ2v) is 12.9. The first kappa shape index (κ1) is 29.1. The molecule has 3 saturated carbocycles. The number of halogens is 3. The Morgan fingerprint density at radius 1 is 1.17 bits per heavy atom. The molecule has 2 heterocycles. The highest BCUT2D eigenvalue weighted by Crippen LogP contribution is 2.65. The van der Waals surface area contributed by atoms with Crippen LogP contribution in [0.25, 0.3) is 0 Å². The van der Waals surface area contributed by atoms with Crippen molar-refractivity contribution in [3.05, 3.63) is 0 Å². The van der Waals surface area contributed by atoms with Gasteiger partial charge in [-0.2, -0.15) is 23.7 Å². The summed E-state index contributed by atoms with van der Waals surface area (Å²) in [7, 11) is 0. The summed E-state index contributed by atoms with van der Waals surface area (Å²) in [5, 5.41) is 26.5. The molecule has 0 radical (unpaired) electrons. The molecule has 2 aliphatic heterocycles. The predicted octanol–water partition coefficient (Wildman–Crippen LogP) is 1.04. The summed E-state index contributed by atoms with van der Waals surface area (Å²) in [6, 6.07) is 0.0372. The third kappa shape index (κ3) is 5.34. The monoisotopic (exact) mass is 578 g/mol. The highest BCUT2D eigenvalue weighted by molar-refractivity contribution is 5.95. The fraction of sp³-hybridized carbons (Fsp3) is 0.778. The first-order valence-electron chi connectivity index (χ1n) is 13.9.